The molecule has 1 aliphatic rings. The number of hydrogen-bond donors (Lipinski definition) is 2. The SMILES string of the molecule is CCOC(=O)Cc1c(F)c(Cl)c(-c2cn3cc(NC(=O)[C@@H]4C[C@@H]4F)nc3cn2)c2cn[nH]c12. The van der Waals surface area contributed by atoms with E-state index in [1.54, 1.807) is 23.7 Å². The van der Waals surface area contributed by atoms with Crippen molar-refractivity contribution in [2.24, 2.45) is 5.92 Å². The number of aromatic amines is 1. The second kappa shape index (κ2) is 8.07. The van der Waals surface area contributed by atoms with Gasteiger partial charge in [0.05, 0.1) is 53.8 Å². The van der Waals surface area contributed by atoms with E-state index in [4.69, 9.17) is 16.3 Å². The van der Waals surface area contributed by atoms with Crippen molar-refractivity contribution in [3.63, 3.8) is 0 Å². The highest BCUT2D eigenvalue weighted by molar-refractivity contribution is 6.35. The molecule has 1 fully saturated rings. The highest BCUT2D eigenvalue weighted by atomic mass is 35.5. The van der Waals surface area contributed by atoms with E-state index in [0.717, 1.165) is 0 Å². The minimum Gasteiger partial charge on any atom is -0.466 e. The molecule has 0 saturated heterocycles. The summed E-state index contributed by atoms with van der Waals surface area (Å²) in [6, 6.07) is 0. The number of ether oxygens (including phenoxy) is 1. The number of aromatic nitrogens is 5. The molecule has 2 N–H and O–H groups in total. The molecule has 3 heterocycles. The van der Waals surface area contributed by atoms with E-state index in [2.05, 4.69) is 25.5 Å². The van der Waals surface area contributed by atoms with Crippen LogP contribution in [0.25, 0.3) is 27.8 Å². The first-order chi connectivity index (χ1) is 15.9. The molecular weight excluding hydrogens is 458 g/mol. The number of halogens is 3. The molecule has 9 nitrogen and oxygen atoms in total. The molecule has 1 saturated carbocycles. The van der Waals surface area contributed by atoms with Gasteiger partial charge in [0.15, 0.2) is 11.5 Å². The molecule has 0 unspecified atom stereocenters. The highest BCUT2D eigenvalue weighted by Crippen LogP contribution is 2.39. The van der Waals surface area contributed by atoms with Gasteiger partial charge in [-0.15, -0.1) is 0 Å². The van der Waals surface area contributed by atoms with Crippen molar-refractivity contribution < 1.29 is 23.1 Å². The van der Waals surface area contributed by atoms with Gasteiger partial charge in [0.25, 0.3) is 0 Å². The van der Waals surface area contributed by atoms with Gasteiger partial charge in [0.2, 0.25) is 5.91 Å². The normalized spacial score (nSPS) is 17.5. The van der Waals surface area contributed by atoms with E-state index in [1.165, 1.54) is 12.4 Å². The summed E-state index contributed by atoms with van der Waals surface area (Å²) in [7, 11) is 0. The molecule has 3 aromatic heterocycles. The first kappa shape index (κ1) is 21.3. The van der Waals surface area contributed by atoms with Gasteiger partial charge >= 0.3 is 5.97 Å². The van der Waals surface area contributed by atoms with Crippen molar-refractivity contribution in [1.82, 2.24) is 24.6 Å². The molecular formula is C21H17ClF2N6O3. The second-order valence-corrected chi connectivity index (χ2v) is 8.01. The fourth-order valence-electron chi connectivity index (χ4n) is 3.69. The maximum absolute atomic E-state index is 15.2. The van der Waals surface area contributed by atoms with Gasteiger partial charge in [-0.1, -0.05) is 11.6 Å². The predicted octanol–water partition coefficient (Wildman–Crippen LogP) is 3.47. The summed E-state index contributed by atoms with van der Waals surface area (Å²) in [5.41, 5.74) is 1.38. The molecule has 0 aliphatic heterocycles. The smallest absolute Gasteiger partial charge is 0.310 e. The van der Waals surface area contributed by atoms with Crippen LogP contribution in [-0.2, 0) is 20.7 Å². The van der Waals surface area contributed by atoms with Crippen LogP contribution in [0.4, 0.5) is 14.6 Å². The Labute approximate surface area is 190 Å². The Balaban J connectivity index is 1.54. The zero-order valence-corrected chi connectivity index (χ0v) is 18.0. The summed E-state index contributed by atoms with van der Waals surface area (Å²) in [5.74, 6) is -2.20. The predicted molar refractivity (Wildman–Crippen MR) is 115 cm³/mol. The number of H-pyrrole nitrogens is 1. The molecule has 5 rings (SSSR count). The third-order valence-electron chi connectivity index (χ3n) is 5.41. The van der Waals surface area contributed by atoms with E-state index in [-0.39, 0.29) is 41.4 Å². The zero-order chi connectivity index (χ0) is 23.3. The average Bonchev–Trinajstić information content (AvgIpc) is 3.15. The number of carbonyl (C=O) groups excluding carboxylic acids is 2. The van der Waals surface area contributed by atoms with Crippen molar-refractivity contribution in [1.29, 1.82) is 0 Å². The molecule has 1 amide bonds. The summed E-state index contributed by atoms with van der Waals surface area (Å²) >= 11 is 6.38. The number of hydrogen-bond acceptors (Lipinski definition) is 6. The van der Waals surface area contributed by atoms with Crippen molar-refractivity contribution in [3.05, 3.63) is 41.2 Å². The Morgan fingerprint density at radius 2 is 2.15 bits per heavy atom. The molecule has 2 atom stereocenters. The van der Waals surface area contributed by atoms with Gasteiger partial charge in [-0.2, -0.15) is 5.10 Å². The molecule has 0 radical (unpaired) electrons. The number of nitrogens with zero attached hydrogens (tertiary/aromatic N) is 4. The largest absolute Gasteiger partial charge is 0.466 e. The van der Waals surface area contributed by atoms with Crippen LogP contribution in [0.1, 0.15) is 18.9 Å². The van der Waals surface area contributed by atoms with E-state index >= 15 is 4.39 Å². The number of anilines is 1. The molecule has 12 heteroatoms. The van der Waals surface area contributed by atoms with Gasteiger partial charge in [0.1, 0.15) is 12.0 Å². The Morgan fingerprint density at radius 3 is 2.88 bits per heavy atom. The van der Waals surface area contributed by atoms with E-state index < -0.39 is 29.8 Å². The van der Waals surface area contributed by atoms with Crippen LogP contribution in [0.5, 0.6) is 0 Å². The van der Waals surface area contributed by atoms with E-state index in [1.807, 2.05) is 0 Å². The fraction of sp³-hybridized carbons (Fsp3) is 0.286. The van der Waals surface area contributed by atoms with Crippen LogP contribution in [0.2, 0.25) is 5.02 Å². The quantitative estimate of drug-likeness (QED) is 0.414. The van der Waals surface area contributed by atoms with Crippen LogP contribution < -0.4 is 5.32 Å². The molecule has 33 heavy (non-hydrogen) atoms. The maximum Gasteiger partial charge on any atom is 0.310 e. The minimum atomic E-state index is -1.11. The molecule has 1 aliphatic carbocycles. The van der Waals surface area contributed by atoms with Crippen molar-refractivity contribution >= 4 is 45.8 Å². The topological polar surface area (TPSA) is 114 Å². The van der Waals surface area contributed by atoms with Crippen LogP contribution >= 0.6 is 11.6 Å². The van der Waals surface area contributed by atoms with Gasteiger partial charge in [-0.3, -0.25) is 19.7 Å². The summed E-state index contributed by atoms with van der Waals surface area (Å²) in [6.45, 7) is 1.83. The third kappa shape index (κ3) is 3.78. The Hall–Kier alpha value is -3.60. The lowest BCUT2D eigenvalue weighted by Gasteiger charge is -2.12. The first-order valence-electron chi connectivity index (χ1n) is 10.2. The summed E-state index contributed by atoms with van der Waals surface area (Å²) in [5, 5.41) is 9.54. The monoisotopic (exact) mass is 474 g/mol. The number of benzene rings is 1. The highest BCUT2D eigenvalue weighted by Gasteiger charge is 2.43. The van der Waals surface area contributed by atoms with Gasteiger partial charge in [-0.25, -0.2) is 13.8 Å². The van der Waals surface area contributed by atoms with Crippen LogP contribution in [0.15, 0.2) is 24.8 Å². The first-order valence-corrected chi connectivity index (χ1v) is 10.5. The molecule has 1 aromatic carbocycles. The van der Waals surface area contributed by atoms with Crippen LogP contribution in [0.3, 0.4) is 0 Å². The number of fused-ring (bicyclic) bond motifs is 2. The molecule has 4 aromatic rings. The molecule has 0 bridgehead atoms. The lowest BCUT2D eigenvalue weighted by molar-refractivity contribution is -0.142. The second-order valence-electron chi connectivity index (χ2n) is 7.63. The number of nitrogens with one attached hydrogen (secondary N) is 2. The van der Waals surface area contributed by atoms with Crippen LogP contribution in [0, 0.1) is 11.7 Å². The number of alkyl halides is 1. The molecule has 0 spiro atoms. The zero-order valence-electron chi connectivity index (χ0n) is 17.2. The number of carbonyl (C=O) groups is 2. The number of amides is 1. The molecule has 170 valence electrons. The number of imidazole rings is 1. The average molecular weight is 475 g/mol. The van der Waals surface area contributed by atoms with Gasteiger partial charge in [-0.05, 0) is 13.3 Å². The lowest BCUT2D eigenvalue weighted by Crippen LogP contribution is -2.15. The summed E-state index contributed by atoms with van der Waals surface area (Å²) in [4.78, 5) is 32.5. The summed E-state index contributed by atoms with van der Waals surface area (Å²) in [6.07, 6.45) is 4.81. The van der Waals surface area contributed by atoms with Crippen LogP contribution in [-0.4, -0.2) is 49.2 Å². The van der Waals surface area contributed by atoms with Gasteiger partial charge in [0, 0.05) is 22.7 Å². The number of esters is 1. The lowest BCUT2D eigenvalue weighted by atomic mass is 10.0. The van der Waals surface area contributed by atoms with E-state index in [0.29, 0.717) is 22.2 Å². The van der Waals surface area contributed by atoms with E-state index in [9.17, 15) is 14.0 Å². The summed E-state index contributed by atoms with van der Waals surface area (Å²) < 4.78 is 34.8. The Kier molecular flexibility index (Phi) is 5.20. The maximum atomic E-state index is 15.2. The third-order valence-corrected chi connectivity index (χ3v) is 5.77. The standard InChI is InChI=1S/C21H17ClF2N6O3/c1-2-33-16(31)4-10-19(24)18(22)17(11-5-26-29-20(10)11)13-7-30-8-14(27-15(30)6-25-13)28-21(32)9-3-12(9)23/h5-9,12H,2-4H2,1H3,(H,26,29)(H,28,32)/t9-,12+/m1/s1. The van der Waals surface area contributed by atoms with Crippen molar-refractivity contribution in [3.8, 4) is 11.3 Å². The minimum absolute atomic E-state index is 0.0506. The van der Waals surface area contributed by atoms with Gasteiger partial charge < -0.3 is 14.5 Å². The number of rotatable bonds is 6. The van der Waals surface area contributed by atoms with Crippen molar-refractivity contribution in [2.75, 3.05) is 11.9 Å². The van der Waals surface area contributed by atoms with Crippen molar-refractivity contribution in [2.45, 2.75) is 25.9 Å². The Morgan fingerprint density at radius 1 is 1.36 bits per heavy atom. The fourth-order valence-corrected chi connectivity index (χ4v) is 4.00. The Bertz CT molecular complexity index is 1420.